The van der Waals surface area contributed by atoms with Crippen LogP contribution in [0.5, 0.6) is 0 Å². The smallest absolute Gasteiger partial charge is 0.0319 e. The number of rotatable bonds is 1. The molecule has 0 unspecified atom stereocenters. The molecule has 0 radical (unpaired) electrons. The highest BCUT2D eigenvalue weighted by Gasteiger charge is 1.93. The Hall–Kier alpha value is -1.60. The maximum absolute atomic E-state index is 7.00. The quantitative estimate of drug-likeness (QED) is 0.774. The van der Waals surface area contributed by atoms with E-state index in [0.29, 0.717) is 0 Å². The lowest BCUT2D eigenvalue weighted by Gasteiger charge is -2.00. The lowest BCUT2D eigenvalue weighted by Crippen LogP contribution is -1.76. The molecule has 0 spiro atoms. The van der Waals surface area contributed by atoms with Crippen molar-refractivity contribution in [1.82, 2.24) is 0 Å². The standard InChI is InChI=1S/C13H12.C2H6.CH4O/c1-11-7-9-13(10-8-11)12-5-3-2-4-6-12;2*1-2/h2-10H,1H3;1-2H3;2H,1H3. The van der Waals surface area contributed by atoms with Gasteiger partial charge in [-0.15, -0.1) is 0 Å². The Balaban J connectivity index is 0.000000581. The van der Waals surface area contributed by atoms with E-state index in [-0.39, 0.29) is 0 Å². The van der Waals surface area contributed by atoms with Crippen molar-refractivity contribution in [3.63, 3.8) is 0 Å². The van der Waals surface area contributed by atoms with Gasteiger partial charge >= 0.3 is 0 Å². The maximum atomic E-state index is 7.00. The van der Waals surface area contributed by atoms with Crippen LogP contribution in [-0.4, -0.2) is 12.2 Å². The van der Waals surface area contributed by atoms with Crippen LogP contribution in [0.3, 0.4) is 0 Å². The minimum Gasteiger partial charge on any atom is -0.400 e. The summed E-state index contributed by atoms with van der Waals surface area (Å²) in [5, 5.41) is 7.00. The minimum absolute atomic E-state index is 1.00. The molecule has 0 aliphatic carbocycles. The van der Waals surface area contributed by atoms with Crippen LogP contribution < -0.4 is 0 Å². The summed E-state index contributed by atoms with van der Waals surface area (Å²) in [5.41, 5.74) is 3.87. The zero-order valence-corrected chi connectivity index (χ0v) is 11.1. The van der Waals surface area contributed by atoms with E-state index in [1.54, 1.807) is 0 Å². The molecule has 0 aliphatic rings. The molecule has 0 saturated heterocycles. The summed E-state index contributed by atoms with van der Waals surface area (Å²) in [6, 6.07) is 19.0. The molecule has 2 aromatic rings. The molecule has 0 saturated carbocycles. The molecule has 0 aromatic heterocycles. The first-order valence-electron chi connectivity index (χ1n) is 5.93. The van der Waals surface area contributed by atoms with Crippen LogP contribution in [0.15, 0.2) is 54.6 Å². The average Bonchev–Trinajstić information content (AvgIpc) is 2.45. The second-order valence-electron chi connectivity index (χ2n) is 3.23. The van der Waals surface area contributed by atoms with Gasteiger partial charge in [-0.1, -0.05) is 74.0 Å². The predicted octanol–water partition coefficient (Wildman–Crippen LogP) is 4.30. The first-order chi connectivity index (χ1) is 8.36. The second-order valence-corrected chi connectivity index (χ2v) is 3.23. The van der Waals surface area contributed by atoms with Crippen molar-refractivity contribution in [2.75, 3.05) is 7.11 Å². The molecule has 1 heteroatoms. The fourth-order valence-corrected chi connectivity index (χ4v) is 1.38. The summed E-state index contributed by atoms with van der Waals surface area (Å²) >= 11 is 0. The minimum atomic E-state index is 1.00. The molecule has 0 amide bonds. The third kappa shape index (κ3) is 5.32. The van der Waals surface area contributed by atoms with Crippen LogP contribution in [0.1, 0.15) is 19.4 Å². The van der Waals surface area contributed by atoms with E-state index in [2.05, 4.69) is 55.5 Å². The fourth-order valence-electron chi connectivity index (χ4n) is 1.38. The maximum Gasteiger partial charge on any atom is 0.0319 e. The van der Waals surface area contributed by atoms with Crippen molar-refractivity contribution in [2.45, 2.75) is 20.8 Å². The van der Waals surface area contributed by atoms with Crippen molar-refractivity contribution >= 4 is 0 Å². The van der Waals surface area contributed by atoms with Gasteiger partial charge in [-0.2, -0.15) is 0 Å². The number of aliphatic hydroxyl groups is 1. The molecule has 0 atom stereocenters. The summed E-state index contributed by atoms with van der Waals surface area (Å²) in [5.74, 6) is 0. The van der Waals surface area contributed by atoms with E-state index in [1.807, 2.05) is 19.9 Å². The highest BCUT2D eigenvalue weighted by atomic mass is 16.2. The number of hydrogen-bond acceptors (Lipinski definition) is 1. The summed E-state index contributed by atoms with van der Waals surface area (Å²) in [6.45, 7) is 6.11. The van der Waals surface area contributed by atoms with Gasteiger partial charge in [0, 0.05) is 7.11 Å². The zero-order chi connectivity index (χ0) is 13.1. The number of aliphatic hydroxyl groups excluding tert-OH is 1. The van der Waals surface area contributed by atoms with Crippen molar-refractivity contribution in [3.8, 4) is 11.1 Å². The van der Waals surface area contributed by atoms with Crippen LogP contribution in [0, 0.1) is 6.92 Å². The van der Waals surface area contributed by atoms with Crippen molar-refractivity contribution < 1.29 is 5.11 Å². The van der Waals surface area contributed by atoms with Gasteiger partial charge in [0.25, 0.3) is 0 Å². The second kappa shape index (κ2) is 9.61. The first-order valence-corrected chi connectivity index (χ1v) is 5.93. The van der Waals surface area contributed by atoms with Crippen LogP contribution in [0.25, 0.3) is 11.1 Å². The van der Waals surface area contributed by atoms with Crippen LogP contribution in [-0.2, 0) is 0 Å². The Bertz CT molecular complexity index is 376. The zero-order valence-electron chi connectivity index (χ0n) is 11.1. The monoisotopic (exact) mass is 230 g/mol. The molecular weight excluding hydrogens is 208 g/mol. The lowest BCUT2D eigenvalue weighted by atomic mass is 10.0. The van der Waals surface area contributed by atoms with Gasteiger partial charge in [-0.25, -0.2) is 0 Å². The van der Waals surface area contributed by atoms with Crippen molar-refractivity contribution in [3.05, 3.63) is 60.2 Å². The SMILES string of the molecule is CC.CO.Cc1ccc(-c2ccccc2)cc1. The Morgan fingerprint density at radius 1 is 0.647 bits per heavy atom. The predicted molar refractivity (Wildman–Crippen MR) is 76.1 cm³/mol. The molecule has 0 aliphatic heterocycles. The Morgan fingerprint density at radius 2 is 1.06 bits per heavy atom. The van der Waals surface area contributed by atoms with Crippen molar-refractivity contribution in [2.24, 2.45) is 0 Å². The van der Waals surface area contributed by atoms with Gasteiger partial charge in [0.15, 0.2) is 0 Å². The summed E-state index contributed by atoms with van der Waals surface area (Å²) < 4.78 is 0. The number of aryl methyl sites for hydroxylation is 1. The summed E-state index contributed by atoms with van der Waals surface area (Å²) in [4.78, 5) is 0. The highest BCUT2D eigenvalue weighted by molar-refractivity contribution is 5.63. The van der Waals surface area contributed by atoms with Gasteiger partial charge in [-0.3, -0.25) is 0 Å². The van der Waals surface area contributed by atoms with Crippen LogP contribution >= 0.6 is 0 Å². The van der Waals surface area contributed by atoms with Crippen molar-refractivity contribution in [1.29, 1.82) is 0 Å². The fraction of sp³-hybridized carbons (Fsp3) is 0.250. The van der Waals surface area contributed by atoms with Gasteiger partial charge in [0.2, 0.25) is 0 Å². The van der Waals surface area contributed by atoms with E-state index in [4.69, 9.17) is 5.11 Å². The van der Waals surface area contributed by atoms with Crippen LogP contribution in [0.4, 0.5) is 0 Å². The van der Waals surface area contributed by atoms with Gasteiger partial charge < -0.3 is 5.11 Å². The molecule has 1 nitrogen and oxygen atoms in total. The highest BCUT2D eigenvalue weighted by Crippen LogP contribution is 2.18. The Labute approximate surface area is 105 Å². The molecule has 0 heterocycles. The normalized spacial score (nSPS) is 8.29. The van der Waals surface area contributed by atoms with E-state index in [9.17, 15) is 0 Å². The van der Waals surface area contributed by atoms with E-state index >= 15 is 0 Å². The largest absolute Gasteiger partial charge is 0.400 e. The van der Waals surface area contributed by atoms with Gasteiger partial charge in [0.1, 0.15) is 0 Å². The Kier molecular flexibility index (Phi) is 8.71. The summed E-state index contributed by atoms with van der Waals surface area (Å²) in [6.07, 6.45) is 0. The van der Waals surface area contributed by atoms with Crippen LogP contribution in [0.2, 0.25) is 0 Å². The summed E-state index contributed by atoms with van der Waals surface area (Å²) in [7, 11) is 1.00. The molecule has 2 aromatic carbocycles. The Morgan fingerprint density at radius 3 is 1.53 bits per heavy atom. The molecular formula is C16H22O. The molecule has 92 valence electrons. The molecule has 1 N–H and O–H groups in total. The number of hydrogen-bond donors (Lipinski definition) is 1. The third-order valence-electron chi connectivity index (χ3n) is 2.16. The lowest BCUT2D eigenvalue weighted by molar-refractivity contribution is 0.399. The van der Waals surface area contributed by atoms with Gasteiger partial charge in [-0.05, 0) is 18.1 Å². The topological polar surface area (TPSA) is 20.2 Å². The molecule has 0 fully saturated rings. The van der Waals surface area contributed by atoms with E-state index in [0.717, 1.165) is 7.11 Å². The number of benzene rings is 2. The first kappa shape index (κ1) is 15.4. The van der Waals surface area contributed by atoms with E-state index in [1.165, 1.54) is 16.7 Å². The molecule has 17 heavy (non-hydrogen) atoms. The van der Waals surface area contributed by atoms with Gasteiger partial charge in [0.05, 0.1) is 0 Å². The van der Waals surface area contributed by atoms with E-state index < -0.39 is 0 Å². The molecule has 0 bridgehead atoms. The third-order valence-corrected chi connectivity index (χ3v) is 2.16. The average molecular weight is 230 g/mol. The molecule has 2 rings (SSSR count).